The lowest BCUT2D eigenvalue weighted by Gasteiger charge is -2.30. The van der Waals surface area contributed by atoms with E-state index in [1.165, 1.54) is 4.90 Å². The summed E-state index contributed by atoms with van der Waals surface area (Å²) in [5, 5.41) is 3.84. The summed E-state index contributed by atoms with van der Waals surface area (Å²) in [6, 6.07) is 11.3. The van der Waals surface area contributed by atoms with Crippen LogP contribution in [0, 0.1) is 0 Å². The van der Waals surface area contributed by atoms with E-state index in [9.17, 15) is 9.59 Å². The molecule has 31 heavy (non-hydrogen) atoms. The van der Waals surface area contributed by atoms with E-state index in [2.05, 4.69) is 5.32 Å². The number of hydrogen-bond donors (Lipinski definition) is 1. The fourth-order valence-corrected chi connectivity index (χ4v) is 3.25. The number of nitrogens with one attached hydrogen (secondary N) is 1. The fraction of sp³-hybridized carbons (Fsp3) is 0.391. The van der Waals surface area contributed by atoms with Crippen molar-refractivity contribution in [3.63, 3.8) is 0 Å². The predicted molar refractivity (Wildman–Crippen MR) is 123 cm³/mol. The molecule has 6 nitrogen and oxygen atoms in total. The molecule has 0 radical (unpaired) electrons. The van der Waals surface area contributed by atoms with Gasteiger partial charge in [0.15, 0.2) is 6.61 Å². The van der Waals surface area contributed by atoms with Crippen LogP contribution in [0.5, 0.6) is 11.5 Å². The van der Waals surface area contributed by atoms with Gasteiger partial charge in [-0.15, -0.1) is 0 Å². The minimum absolute atomic E-state index is 0.00145. The molecule has 1 N–H and O–H groups in total. The predicted octanol–water partition coefficient (Wildman–Crippen LogP) is 4.71. The first-order valence-corrected chi connectivity index (χ1v) is 10.8. The average molecular weight is 467 g/mol. The Morgan fingerprint density at radius 3 is 2.29 bits per heavy atom. The van der Waals surface area contributed by atoms with E-state index < -0.39 is 6.04 Å². The molecule has 0 aliphatic rings. The van der Waals surface area contributed by atoms with Crippen molar-refractivity contribution in [2.75, 3.05) is 13.7 Å². The van der Waals surface area contributed by atoms with Gasteiger partial charge in [0, 0.05) is 22.6 Å². The molecular weight excluding hydrogens is 439 g/mol. The van der Waals surface area contributed by atoms with Crippen LogP contribution in [0.4, 0.5) is 0 Å². The molecule has 0 heterocycles. The van der Waals surface area contributed by atoms with Gasteiger partial charge in [0.1, 0.15) is 17.5 Å². The van der Waals surface area contributed by atoms with Crippen molar-refractivity contribution in [1.29, 1.82) is 0 Å². The van der Waals surface area contributed by atoms with Crippen molar-refractivity contribution in [3.05, 3.63) is 58.1 Å². The first kappa shape index (κ1) is 24.8. The minimum Gasteiger partial charge on any atom is -0.497 e. The monoisotopic (exact) mass is 466 g/mol. The van der Waals surface area contributed by atoms with Gasteiger partial charge in [0.25, 0.3) is 5.91 Å². The Hall–Kier alpha value is -2.44. The van der Waals surface area contributed by atoms with Crippen LogP contribution >= 0.6 is 23.2 Å². The Bertz CT molecular complexity index is 890. The number of benzene rings is 2. The van der Waals surface area contributed by atoms with Crippen molar-refractivity contribution in [1.82, 2.24) is 10.2 Å². The lowest BCUT2D eigenvalue weighted by molar-refractivity contribution is -0.142. The van der Waals surface area contributed by atoms with E-state index in [1.807, 2.05) is 13.8 Å². The molecule has 2 aromatic rings. The highest BCUT2D eigenvalue weighted by atomic mass is 35.5. The maximum atomic E-state index is 13.1. The highest BCUT2D eigenvalue weighted by Gasteiger charge is 2.27. The van der Waals surface area contributed by atoms with Gasteiger partial charge >= 0.3 is 0 Å². The molecule has 0 aliphatic heterocycles. The smallest absolute Gasteiger partial charge is 0.261 e. The number of rotatable bonds is 10. The van der Waals surface area contributed by atoms with Crippen molar-refractivity contribution < 1.29 is 19.1 Å². The Balaban J connectivity index is 2.17. The summed E-state index contributed by atoms with van der Waals surface area (Å²) in [7, 11) is 1.57. The maximum absolute atomic E-state index is 13.1. The largest absolute Gasteiger partial charge is 0.497 e. The Labute approximate surface area is 193 Å². The van der Waals surface area contributed by atoms with Crippen LogP contribution in [-0.2, 0) is 16.1 Å². The Morgan fingerprint density at radius 1 is 1.06 bits per heavy atom. The molecule has 8 heteroatoms. The molecule has 168 valence electrons. The number of carbonyl (C=O) groups is 2. The zero-order valence-corrected chi connectivity index (χ0v) is 19.7. The summed E-state index contributed by atoms with van der Waals surface area (Å²) in [5.41, 5.74) is 0.687. The van der Waals surface area contributed by atoms with E-state index in [4.69, 9.17) is 32.7 Å². The SMILES string of the molecule is CC[C@H](C)NC(=O)[C@@H](C)N(Cc1ccc(Cl)cc1Cl)C(=O)COc1ccc(OC)cc1. The summed E-state index contributed by atoms with van der Waals surface area (Å²) in [4.78, 5) is 27.2. The number of carbonyl (C=O) groups excluding carboxylic acids is 2. The van der Waals surface area contributed by atoms with E-state index >= 15 is 0 Å². The lowest BCUT2D eigenvalue weighted by atomic mass is 10.1. The molecular formula is C23H28Cl2N2O4. The number of amides is 2. The lowest BCUT2D eigenvalue weighted by Crippen LogP contribution is -2.50. The molecule has 0 fully saturated rings. The molecule has 2 atom stereocenters. The van der Waals surface area contributed by atoms with E-state index in [0.717, 1.165) is 6.42 Å². The third-order valence-electron chi connectivity index (χ3n) is 4.95. The second-order valence-electron chi connectivity index (χ2n) is 7.22. The van der Waals surface area contributed by atoms with Gasteiger partial charge in [-0.25, -0.2) is 0 Å². The number of methoxy groups -OCH3 is 1. The van der Waals surface area contributed by atoms with Crippen molar-refractivity contribution in [2.24, 2.45) is 0 Å². The minimum atomic E-state index is -0.715. The van der Waals surface area contributed by atoms with Crippen LogP contribution in [0.1, 0.15) is 32.8 Å². The van der Waals surface area contributed by atoms with Gasteiger partial charge in [0.2, 0.25) is 5.91 Å². The van der Waals surface area contributed by atoms with Gasteiger partial charge < -0.3 is 19.7 Å². The van der Waals surface area contributed by atoms with Crippen LogP contribution in [0.25, 0.3) is 0 Å². The highest BCUT2D eigenvalue weighted by molar-refractivity contribution is 6.35. The van der Waals surface area contributed by atoms with Gasteiger partial charge in [0.05, 0.1) is 7.11 Å². The Morgan fingerprint density at radius 2 is 1.71 bits per heavy atom. The van der Waals surface area contributed by atoms with Crippen molar-refractivity contribution in [3.8, 4) is 11.5 Å². The van der Waals surface area contributed by atoms with Crippen LogP contribution in [0.3, 0.4) is 0 Å². The third kappa shape index (κ3) is 7.33. The van der Waals surface area contributed by atoms with Crippen LogP contribution < -0.4 is 14.8 Å². The molecule has 0 aliphatic carbocycles. The first-order chi connectivity index (χ1) is 14.7. The molecule has 2 amide bonds. The Kier molecular flexibility index (Phi) is 9.46. The van der Waals surface area contributed by atoms with Crippen molar-refractivity contribution >= 4 is 35.0 Å². The zero-order valence-electron chi connectivity index (χ0n) is 18.2. The molecule has 0 spiro atoms. The first-order valence-electron chi connectivity index (χ1n) is 10.1. The fourth-order valence-electron chi connectivity index (χ4n) is 2.78. The van der Waals surface area contributed by atoms with E-state index in [1.54, 1.807) is 56.5 Å². The number of ether oxygens (including phenoxy) is 2. The summed E-state index contributed by atoms with van der Waals surface area (Å²) in [5.74, 6) is 0.634. The molecule has 0 aromatic heterocycles. The third-order valence-corrected chi connectivity index (χ3v) is 5.53. The van der Waals surface area contributed by atoms with Gasteiger partial charge in [-0.05, 0) is 62.2 Å². The van der Waals surface area contributed by atoms with E-state index in [-0.39, 0.29) is 31.0 Å². The van der Waals surface area contributed by atoms with Gasteiger partial charge in [-0.3, -0.25) is 9.59 Å². The topological polar surface area (TPSA) is 67.9 Å². The van der Waals surface area contributed by atoms with Crippen LogP contribution in [0.15, 0.2) is 42.5 Å². The normalized spacial score (nSPS) is 12.6. The molecule has 2 aromatic carbocycles. The molecule has 0 saturated heterocycles. The molecule has 2 rings (SSSR count). The number of hydrogen-bond acceptors (Lipinski definition) is 4. The van der Waals surface area contributed by atoms with Crippen molar-refractivity contribution in [2.45, 2.75) is 45.8 Å². The van der Waals surface area contributed by atoms with Crippen LogP contribution in [-0.4, -0.2) is 42.5 Å². The second kappa shape index (κ2) is 11.8. The highest BCUT2D eigenvalue weighted by Crippen LogP contribution is 2.23. The summed E-state index contributed by atoms with van der Waals surface area (Å²) in [6.07, 6.45) is 0.788. The van der Waals surface area contributed by atoms with Crippen LogP contribution in [0.2, 0.25) is 10.0 Å². The summed E-state index contributed by atoms with van der Waals surface area (Å²) in [6.45, 7) is 5.51. The molecule has 0 unspecified atom stereocenters. The second-order valence-corrected chi connectivity index (χ2v) is 8.06. The summed E-state index contributed by atoms with van der Waals surface area (Å²) >= 11 is 12.3. The van der Waals surface area contributed by atoms with Gasteiger partial charge in [-0.1, -0.05) is 36.2 Å². The average Bonchev–Trinajstić information content (AvgIpc) is 2.76. The number of halogens is 2. The summed E-state index contributed by atoms with van der Waals surface area (Å²) < 4.78 is 10.8. The van der Waals surface area contributed by atoms with E-state index in [0.29, 0.717) is 27.1 Å². The zero-order chi connectivity index (χ0) is 23.0. The standard InChI is InChI=1S/C23H28Cl2N2O4/c1-5-15(2)26-23(29)16(3)27(13-17-6-7-18(24)12-21(17)25)22(28)14-31-20-10-8-19(30-4)9-11-20/h6-12,15-16H,5,13-14H2,1-4H3,(H,26,29)/t15-,16+/m0/s1. The molecule has 0 bridgehead atoms. The molecule has 0 saturated carbocycles. The van der Waals surface area contributed by atoms with Gasteiger partial charge in [-0.2, -0.15) is 0 Å². The number of nitrogens with zero attached hydrogens (tertiary/aromatic N) is 1. The maximum Gasteiger partial charge on any atom is 0.261 e. The quantitative estimate of drug-likeness (QED) is 0.550.